The number of thiophene rings is 1. The Labute approximate surface area is 127 Å². The molecule has 0 saturated heterocycles. The lowest BCUT2D eigenvalue weighted by molar-refractivity contribution is 1.16. The van der Waals surface area contributed by atoms with E-state index in [0.29, 0.717) is 0 Å². The van der Waals surface area contributed by atoms with Gasteiger partial charge in [0, 0.05) is 30.2 Å². The van der Waals surface area contributed by atoms with Crippen molar-refractivity contribution in [3.63, 3.8) is 0 Å². The fourth-order valence-electron chi connectivity index (χ4n) is 2.63. The standard InChI is InChI=1S/C16H14Cl2S/c1-3-9-13(17)7-5-11-12-6-8-14(18)10(4-2)16(12)19-15(9)11/h5-8H,3-4H2,1-2H3. The molecule has 0 saturated carbocycles. The molecule has 0 spiro atoms. The number of aryl methyl sites for hydroxylation is 2. The maximum absolute atomic E-state index is 6.32. The van der Waals surface area contributed by atoms with Crippen molar-refractivity contribution in [3.05, 3.63) is 45.4 Å². The molecule has 0 bridgehead atoms. The van der Waals surface area contributed by atoms with E-state index in [1.807, 2.05) is 23.5 Å². The van der Waals surface area contributed by atoms with Gasteiger partial charge < -0.3 is 0 Å². The van der Waals surface area contributed by atoms with Gasteiger partial charge in [0.2, 0.25) is 0 Å². The summed E-state index contributed by atoms with van der Waals surface area (Å²) in [7, 11) is 0. The van der Waals surface area contributed by atoms with E-state index in [1.165, 1.54) is 31.3 Å². The lowest BCUT2D eigenvalue weighted by atomic mass is 10.0. The molecule has 19 heavy (non-hydrogen) atoms. The SMILES string of the molecule is CCc1c(Cl)ccc2c1sc1c(CC)c(Cl)ccc12. The van der Waals surface area contributed by atoms with Crippen LogP contribution in [0.25, 0.3) is 20.2 Å². The molecule has 0 fully saturated rings. The van der Waals surface area contributed by atoms with Crippen LogP contribution in [0.1, 0.15) is 25.0 Å². The van der Waals surface area contributed by atoms with Crippen LogP contribution in [0, 0.1) is 0 Å². The first-order valence-corrected chi connectivity index (χ1v) is 8.05. The highest BCUT2D eigenvalue weighted by Crippen LogP contribution is 2.41. The van der Waals surface area contributed by atoms with E-state index in [1.54, 1.807) is 0 Å². The Kier molecular flexibility index (Phi) is 3.46. The second-order valence-electron chi connectivity index (χ2n) is 4.61. The molecule has 0 N–H and O–H groups in total. The van der Waals surface area contributed by atoms with Crippen LogP contribution >= 0.6 is 34.5 Å². The average molecular weight is 309 g/mol. The molecule has 0 atom stereocenters. The molecule has 0 amide bonds. The molecule has 0 nitrogen and oxygen atoms in total. The van der Waals surface area contributed by atoms with Crippen LogP contribution < -0.4 is 0 Å². The third kappa shape index (κ3) is 1.96. The highest BCUT2D eigenvalue weighted by molar-refractivity contribution is 7.26. The summed E-state index contributed by atoms with van der Waals surface area (Å²) < 4.78 is 2.61. The average Bonchev–Trinajstić information content (AvgIpc) is 2.77. The lowest BCUT2D eigenvalue weighted by Gasteiger charge is -2.02. The van der Waals surface area contributed by atoms with Crippen LogP contribution in [0.2, 0.25) is 10.0 Å². The summed E-state index contributed by atoms with van der Waals surface area (Å²) >= 11 is 14.5. The monoisotopic (exact) mass is 308 g/mol. The minimum Gasteiger partial charge on any atom is -0.134 e. The summed E-state index contributed by atoms with van der Waals surface area (Å²) in [5.74, 6) is 0. The summed E-state index contributed by atoms with van der Waals surface area (Å²) in [6, 6.07) is 8.27. The van der Waals surface area contributed by atoms with Gasteiger partial charge in [-0.2, -0.15) is 0 Å². The Bertz CT molecular complexity index is 707. The van der Waals surface area contributed by atoms with E-state index >= 15 is 0 Å². The van der Waals surface area contributed by atoms with Crippen LogP contribution in [0.3, 0.4) is 0 Å². The first-order valence-electron chi connectivity index (χ1n) is 6.48. The molecule has 2 aromatic carbocycles. The molecule has 3 aromatic rings. The predicted molar refractivity (Wildman–Crippen MR) is 88.1 cm³/mol. The van der Waals surface area contributed by atoms with Gasteiger partial charge in [0.05, 0.1) is 0 Å². The van der Waals surface area contributed by atoms with Crippen molar-refractivity contribution < 1.29 is 0 Å². The normalized spacial score (nSPS) is 11.6. The first-order chi connectivity index (χ1) is 9.17. The van der Waals surface area contributed by atoms with Gasteiger partial charge in [0.25, 0.3) is 0 Å². The molecule has 3 rings (SSSR count). The topological polar surface area (TPSA) is 0 Å². The van der Waals surface area contributed by atoms with Crippen LogP contribution in [0.4, 0.5) is 0 Å². The largest absolute Gasteiger partial charge is 0.134 e. The van der Waals surface area contributed by atoms with Gasteiger partial charge in [0.1, 0.15) is 0 Å². The Balaban J connectivity index is 2.51. The summed E-state index contributed by atoms with van der Waals surface area (Å²) in [6.07, 6.45) is 1.91. The Hall–Kier alpha value is -0.760. The minimum absolute atomic E-state index is 0.866. The zero-order chi connectivity index (χ0) is 13.6. The lowest BCUT2D eigenvalue weighted by Crippen LogP contribution is -1.82. The van der Waals surface area contributed by atoms with E-state index < -0.39 is 0 Å². The van der Waals surface area contributed by atoms with Gasteiger partial charge in [-0.1, -0.05) is 49.2 Å². The third-order valence-electron chi connectivity index (χ3n) is 3.61. The number of hydrogen-bond donors (Lipinski definition) is 0. The number of benzene rings is 2. The van der Waals surface area contributed by atoms with Crippen LogP contribution in [0.15, 0.2) is 24.3 Å². The van der Waals surface area contributed by atoms with E-state index in [0.717, 1.165) is 22.9 Å². The van der Waals surface area contributed by atoms with Crippen molar-refractivity contribution in [2.75, 3.05) is 0 Å². The fraction of sp³-hybridized carbons (Fsp3) is 0.250. The molecule has 3 heteroatoms. The van der Waals surface area contributed by atoms with E-state index in [4.69, 9.17) is 23.2 Å². The number of hydrogen-bond acceptors (Lipinski definition) is 1. The molecular weight excluding hydrogens is 295 g/mol. The summed E-state index contributed by atoms with van der Waals surface area (Å²) in [4.78, 5) is 0. The Morgan fingerprint density at radius 2 is 1.21 bits per heavy atom. The van der Waals surface area contributed by atoms with Gasteiger partial charge in [-0.05, 0) is 36.1 Å². The predicted octanol–water partition coefficient (Wildman–Crippen LogP) is 6.49. The summed E-state index contributed by atoms with van der Waals surface area (Å²) in [6.45, 7) is 4.30. The second kappa shape index (κ2) is 4.97. The van der Waals surface area contributed by atoms with Crippen molar-refractivity contribution in [3.8, 4) is 0 Å². The number of fused-ring (bicyclic) bond motifs is 3. The van der Waals surface area contributed by atoms with E-state index in [2.05, 4.69) is 26.0 Å². The molecular formula is C16H14Cl2S. The van der Waals surface area contributed by atoms with Crippen molar-refractivity contribution in [2.45, 2.75) is 26.7 Å². The van der Waals surface area contributed by atoms with Crippen molar-refractivity contribution in [2.24, 2.45) is 0 Å². The highest BCUT2D eigenvalue weighted by Gasteiger charge is 2.14. The van der Waals surface area contributed by atoms with Gasteiger partial charge >= 0.3 is 0 Å². The molecule has 0 aliphatic heterocycles. The van der Waals surface area contributed by atoms with Crippen LogP contribution in [0.5, 0.6) is 0 Å². The van der Waals surface area contributed by atoms with Crippen molar-refractivity contribution >= 4 is 54.7 Å². The maximum Gasteiger partial charge on any atom is 0.0452 e. The van der Waals surface area contributed by atoms with Gasteiger partial charge in [0.15, 0.2) is 0 Å². The minimum atomic E-state index is 0.866. The van der Waals surface area contributed by atoms with Crippen LogP contribution in [-0.4, -0.2) is 0 Å². The van der Waals surface area contributed by atoms with E-state index in [9.17, 15) is 0 Å². The molecule has 0 aliphatic rings. The molecule has 0 radical (unpaired) electrons. The summed E-state index contributed by atoms with van der Waals surface area (Å²) in [5, 5.41) is 4.33. The Morgan fingerprint density at radius 3 is 1.58 bits per heavy atom. The zero-order valence-corrected chi connectivity index (χ0v) is 13.2. The van der Waals surface area contributed by atoms with Gasteiger partial charge in [-0.15, -0.1) is 11.3 Å². The smallest absolute Gasteiger partial charge is 0.0452 e. The highest BCUT2D eigenvalue weighted by atomic mass is 35.5. The van der Waals surface area contributed by atoms with Crippen molar-refractivity contribution in [1.29, 1.82) is 0 Å². The fourth-order valence-corrected chi connectivity index (χ4v) is 4.86. The van der Waals surface area contributed by atoms with Gasteiger partial charge in [-0.3, -0.25) is 0 Å². The molecule has 98 valence electrons. The van der Waals surface area contributed by atoms with Crippen molar-refractivity contribution in [1.82, 2.24) is 0 Å². The van der Waals surface area contributed by atoms with Gasteiger partial charge in [-0.25, -0.2) is 0 Å². The first kappa shape index (κ1) is 13.2. The molecule has 1 heterocycles. The maximum atomic E-state index is 6.32. The molecule has 0 aliphatic carbocycles. The second-order valence-corrected chi connectivity index (χ2v) is 6.45. The molecule has 0 unspecified atom stereocenters. The Morgan fingerprint density at radius 1 is 0.789 bits per heavy atom. The number of rotatable bonds is 2. The van der Waals surface area contributed by atoms with Crippen LogP contribution in [-0.2, 0) is 12.8 Å². The quantitative estimate of drug-likeness (QED) is 0.508. The third-order valence-corrected chi connectivity index (χ3v) is 5.66. The summed E-state index contributed by atoms with van der Waals surface area (Å²) in [5.41, 5.74) is 2.50. The van der Waals surface area contributed by atoms with E-state index in [-0.39, 0.29) is 0 Å². The number of halogens is 2. The molecule has 1 aromatic heterocycles. The zero-order valence-electron chi connectivity index (χ0n) is 10.9.